The number of methoxy groups -OCH3 is 1. The maximum atomic E-state index is 5.00. The van der Waals surface area contributed by atoms with E-state index in [1.165, 1.54) is 38.9 Å². The first kappa shape index (κ1) is 14.9. The molecule has 1 atom stereocenters. The molecule has 0 saturated carbocycles. The van der Waals surface area contributed by atoms with E-state index in [0.29, 0.717) is 0 Å². The second-order valence-electron chi connectivity index (χ2n) is 5.16. The molecule has 1 fully saturated rings. The van der Waals surface area contributed by atoms with E-state index in [4.69, 9.17) is 4.74 Å². The molecule has 1 rings (SSSR count). The number of rotatable bonds is 8. The van der Waals surface area contributed by atoms with Crippen LogP contribution in [0.1, 0.15) is 19.3 Å². The number of hydrogen-bond donors (Lipinski definition) is 1. The van der Waals surface area contributed by atoms with Gasteiger partial charge < -0.3 is 19.9 Å². The Morgan fingerprint density at radius 2 is 2.18 bits per heavy atom. The first-order valence-electron chi connectivity index (χ1n) is 6.82. The van der Waals surface area contributed by atoms with Crippen molar-refractivity contribution in [3.05, 3.63) is 0 Å². The lowest BCUT2D eigenvalue weighted by molar-refractivity contribution is 0.132. The van der Waals surface area contributed by atoms with E-state index in [0.717, 1.165) is 25.7 Å². The summed E-state index contributed by atoms with van der Waals surface area (Å²) in [4.78, 5) is 4.97. The molecule has 102 valence electrons. The standard InChI is InChI=1S/C13H29N3O/c1-15(2)13-6-4-9-16(12-13)10-5-7-14-8-11-17-3/h13-14H,4-12H2,1-3H3. The summed E-state index contributed by atoms with van der Waals surface area (Å²) >= 11 is 0. The zero-order valence-corrected chi connectivity index (χ0v) is 11.7. The van der Waals surface area contributed by atoms with Gasteiger partial charge in [0.05, 0.1) is 6.61 Å². The Morgan fingerprint density at radius 1 is 1.35 bits per heavy atom. The number of piperidine rings is 1. The van der Waals surface area contributed by atoms with Crippen LogP contribution >= 0.6 is 0 Å². The first-order valence-corrected chi connectivity index (χ1v) is 6.82. The Bertz CT molecular complexity index is 188. The number of nitrogens with one attached hydrogen (secondary N) is 1. The lowest BCUT2D eigenvalue weighted by Crippen LogP contribution is -2.45. The van der Waals surface area contributed by atoms with Gasteiger partial charge in [-0.1, -0.05) is 0 Å². The minimum atomic E-state index is 0.755. The Morgan fingerprint density at radius 3 is 2.88 bits per heavy atom. The number of likely N-dealkylation sites (N-methyl/N-ethyl adjacent to an activating group) is 1. The summed E-state index contributed by atoms with van der Waals surface area (Å²) in [5.74, 6) is 0. The zero-order chi connectivity index (χ0) is 12.5. The summed E-state index contributed by atoms with van der Waals surface area (Å²) in [7, 11) is 6.14. The van der Waals surface area contributed by atoms with Crippen molar-refractivity contribution in [2.75, 3.05) is 60.5 Å². The van der Waals surface area contributed by atoms with Crippen molar-refractivity contribution in [3.63, 3.8) is 0 Å². The minimum Gasteiger partial charge on any atom is -0.383 e. The SMILES string of the molecule is COCCNCCCN1CCCC(N(C)C)C1. The van der Waals surface area contributed by atoms with Crippen molar-refractivity contribution < 1.29 is 4.74 Å². The highest BCUT2D eigenvalue weighted by molar-refractivity contribution is 4.77. The van der Waals surface area contributed by atoms with Crippen LogP contribution in [0.4, 0.5) is 0 Å². The second kappa shape index (κ2) is 8.86. The average Bonchev–Trinajstić information content (AvgIpc) is 2.34. The molecular formula is C13H29N3O. The van der Waals surface area contributed by atoms with Crippen LogP contribution in [0.15, 0.2) is 0 Å². The molecule has 0 aromatic carbocycles. The zero-order valence-electron chi connectivity index (χ0n) is 11.7. The molecule has 0 aliphatic carbocycles. The van der Waals surface area contributed by atoms with Gasteiger partial charge in [-0.05, 0) is 53.0 Å². The van der Waals surface area contributed by atoms with Crippen LogP contribution in [-0.2, 0) is 4.74 Å². The van der Waals surface area contributed by atoms with E-state index < -0.39 is 0 Å². The van der Waals surface area contributed by atoms with Crippen LogP contribution in [0, 0.1) is 0 Å². The van der Waals surface area contributed by atoms with Gasteiger partial charge >= 0.3 is 0 Å². The van der Waals surface area contributed by atoms with E-state index in [9.17, 15) is 0 Å². The first-order chi connectivity index (χ1) is 8.24. The molecule has 0 radical (unpaired) electrons. The van der Waals surface area contributed by atoms with Crippen molar-refractivity contribution in [3.8, 4) is 0 Å². The van der Waals surface area contributed by atoms with Gasteiger partial charge in [-0.2, -0.15) is 0 Å². The summed E-state index contributed by atoms with van der Waals surface area (Å²) in [5, 5.41) is 3.40. The molecule has 1 saturated heterocycles. The topological polar surface area (TPSA) is 27.7 Å². The Balaban J connectivity index is 2.02. The third-order valence-corrected chi connectivity index (χ3v) is 3.52. The molecule has 4 nitrogen and oxygen atoms in total. The Kier molecular flexibility index (Phi) is 7.77. The molecule has 0 bridgehead atoms. The summed E-state index contributed by atoms with van der Waals surface area (Å²) in [5.41, 5.74) is 0. The maximum Gasteiger partial charge on any atom is 0.0587 e. The summed E-state index contributed by atoms with van der Waals surface area (Å²) in [6, 6.07) is 0.755. The molecule has 1 N–H and O–H groups in total. The molecule has 4 heteroatoms. The average molecular weight is 243 g/mol. The van der Waals surface area contributed by atoms with Gasteiger partial charge in [0.1, 0.15) is 0 Å². The quantitative estimate of drug-likeness (QED) is 0.633. The van der Waals surface area contributed by atoms with Crippen LogP contribution in [0.25, 0.3) is 0 Å². The fourth-order valence-corrected chi connectivity index (χ4v) is 2.38. The van der Waals surface area contributed by atoms with Gasteiger partial charge in [-0.15, -0.1) is 0 Å². The predicted octanol–water partition coefficient (Wildman–Crippen LogP) is 0.639. The van der Waals surface area contributed by atoms with Crippen LogP contribution in [0.2, 0.25) is 0 Å². The molecule has 17 heavy (non-hydrogen) atoms. The molecule has 1 aliphatic rings. The largest absolute Gasteiger partial charge is 0.383 e. The van der Waals surface area contributed by atoms with Gasteiger partial charge in [0, 0.05) is 26.2 Å². The molecule has 1 unspecified atom stereocenters. The summed E-state index contributed by atoms with van der Waals surface area (Å²) in [6.07, 6.45) is 3.94. The Hall–Kier alpha value is -0.160. The van der Waals surface area contributed by atoms with Crippen molar-refractivity contribution >= 4 is 0 Å². The highest BCUT2D eigenvalue weighted by Crippen LogP contribution is 2.13. The molecule has 1 heterocycles. The van der Waals surface area contributed by atoms with Crippen LogP contribution in [-0.4, -0.2) is 76.4 Å². The smallest absolute Gasteiger partial charge is 0.0587 e. The fourth-order valence-electron chi connectivity index (χ4n) is 2.38. The number of hydrogen-bond acceptors (Lipinski definition) is 4. The highest BCUT2D eigenvalue weighted by Gasteiger charge is 2.20. The van der Waals surface area contributed by atoms with Crippen LogP contribution < -0.4 is 5.32 Å². The van der Waals surface area contributed by atoms with E-state index in [2.05, 4.69) is 29.2 Å². The van der Waals surface area contributed by atoms with Crippen molar-refractivity contribution in [1.29, 1.82) is 0 Å². The van der Waals surface area contributed by atoms with Gasteiger partial charge in [0.25, 0.3) is 0 Å². The van der Waals surface area contributed by atoms with Gasteiger partial charge in [0.15, 0.2) is 0 Å². The van der Waals surface area contributed by atoms with Crippen LogP contribution in [0.5, 0.6) is 0 Å². The van der Waals surface area contributed by atoms with Crippen molar-refractivity contribution in [2.24, 2.45) is 0 Å². The Labute approximate surface area is 106 Å². The molecule has 0 aromatic rings. The third kappa shape index (κ3) is 6.36. The maximum absolute atomic E-state index is 5.00. The molecular weight excluding hydrogens is 214 g/mol. The monoisotopic (exact) mass is 243 g/mol. The fraction of sp³-hybridized carbons (Fsp3) is 1.00. The molecule has 0 aromatic heterocycles. The molecule has 0 amide bonds. The van der Waals surface area contributed by atoms with Gasteiger partial charge in [-0.3, -0.25) is 0 Å². The van der Waals surface area contributed by atoms with Gasteiger partial charge in [0.2, 0.25) is 0 Å². The van der Waals surface area contributed by atoms with Crippen molar-refractivity contribution in [1.82, 2.24) is 15.1 Å². The van der Waals surface area contributed by atoms with E-state index in [1.807, 2.05) is 0 Å². The molecule has 1 aliphatic heterocycles. The van der Waals surface area contributed by atoms with E-state index >= 15 is 0 Å². The highest BCUT2D eigenvalue weighted by atomic mass is 16.5. The van der Waals surface area contributed by atoms with Gasteiger partial charge in [-0.25, -0.2) is 0 Å². The van der Waals surface area contributed by atoms with E-state index in [-0.39, 0.29) is 0 Å². The number of likely N-dealkylation sites (tertiary alicyclic amines) is 1. The minimum absolute atomic E-state index is 0.755. The van der Waals surface area contributed by atoms with E-state index in [1.54, 1.807) is 7.11 Å². The third-order valence-electron chi connectivity index (χ3n) is 3.52. The lowest BCUT2D eigenvalue weighted by atomic mass is 10.0. The summed E-state index contributed by atoms with van der Waals surface area (Å²) in [6.45, 7) is 6.63. The van der Waals surface area contributed by atoms with Crippen molar-refractivity contribution in [2.45, 2.75) is 25.3 Å². The predicted molar refractivity (Wildman–Crippen MR) is 72.5 cm³/mol. The lowest BCUT2D eigenvalue weighted by Gasteiger charge is -2.36. The molecule has 0 spiro atoms. The number of ether oxygens (including phenoxy) is 1. The normalized spacial score (nSPS) is 22.2. The van der Waals surface area contributed by atoms with Crippen LogP contribution in [0.3, 0.4) is 0 Å². The second-order valence-corrected chi connectivity index (χ2v) is 5.16. The number of nitrogens with zero attached hydrogens (tertiary/aromatic N) is 2. The summed E-state index contributed by atoms with van der Waals surface area (Å²) < 4.78 is 5.00.